The van der Waals surface area contributed by atoms with Crippen LogP contribution in [0, 0.1) is 0 Å². The van der Waals surface area contributed by atoms with Gasteiger partial charge in [-0.2, -0.15) is 0 Å². The Morgan fingerprint density at radius 1 is 0.944 bits per heavy atom. The van der Waals surface area contributed by atoms with Gasteiger partial charge in [0.2, 0.25) is 0 Å². The van der Waals surface area contributed by atoms with Crippen LogP contribution in [-0.4, -0.2) is 7.11 Å². The molecule has 1 unspecified atom stereocenters. The van der Waals surface area contributed by atoms with E-state index in [0.29, 0.717) is 5.92 Å². The summed E-state index contributed by atoms with van der Waals surface area (Å²) in [5.41, 5.74) is 2.80. The van der Waals surface area contributed by atoms with E-state index in [2.05, 4.69) is 49.4 Å². The average molecular weight is 240 g/mol. The Kier molecular flexibility index (Phi) is 4.40. The van der Waals surface area contributed by atoms with Gasteiger partial charge in [-0.05, 0) is 42.0 Å². The third-order valence-electron chi connectivity index (χ3n) is 3.39. The molecule has 94 valence electrons. The van der Waals surface area contributed by atoms with E-state index in [1.807, 2.05) is 12.1 Å². The first-order chi connectivity index (χ1) is 8.79. The van der Waals surface area contributed by atoms with Crippen LogP contribution in [0.15, 0.2) is 54.6 Å². The second-order valence-corrected chi connectivity index (χ2v) is 4.70. The summed E-state index contributed by atoms with van der Waals surface area (Å²) >= 11 is 0. The van der Waals surface area contributed by atoms with Crippen LogP contribution in [-0.2, 0) is 6.42 Å². The summed E-state index contributed by atoms with van der Waals surface area (Å²) in [5, 5.41) is 0. The van der Waals surface area contributed by atoms with Gasteiger partial charge in [-0.15, -0.1) is 0 Å². The topological polar surface area (TPSA) is 9.23 Å². The zero-order valence-electron chi connectivity index (χ0n) is 11.1. The van der Waals surface area contributed by atoms with Crippen LogP contribution in [0.5, 0.6) is 5.75 Å². The Balaban J connectivity index is 1.91. The predicted molar refractivity (Wildman–Crippen MR) is 76.2 cm³/mol. The summed E-state index contributed by atoms with van der Waals surface area (Å²) in [5.74, 6) is 1.53. The average Bonchev–Trinajstić information content (AvgIpc) is 2.46. The van der Waals surface area contributed by atoms with Gasteiger partial charge in [-0.25, -0.2) is 0 Å². The standard InChI is InChI=1S/C17H20O/c1-14(16-6-4-3-5-7-16)8-9-15-10-12-17(18-2)13-11-15/h3-7,10-14H,8-9H2,1-2H3. The summed E-state index contributed by atoms with van der Waals surface area (Å²) in [6, 6.07) is 19.1. The van der Waals surface area contributed by atoms with Crippen LogP contribution < -0.4 is 4.74 Å². The Morgan fingerprint density at radius 3 is 2.22 bits per heavy atom. The molecule has 0 saturated carbocycles. The first kappa shape index (κ1) is 12.7. The summed E-state index contributed by atoms with van der Waals surface area (Å²) in [7, 11) is 1.70. The Morgan fingerprint density at radius 2 is 1.61 bits per heavy atom. The van der Waals surface area contributed by atoms with Crippen molar-refractivity contribution in [3.8, 4) is 5.75 Å². The van der Waals surface area contributed by atoms with Gasteiger partial charge in [0.05, 0.1) is 7.11 Å². The lowest BCUT2D eigenvalue weighted by Crippen LogP contribution is -1.96. The zero-order chi connectivity index (χ0) is 12.8. The lowest BCUT2D eigenvalue weighted by molar-refractivity contribution is 0.414. The van der Waals surface area contributed by atoms with E-state index in [9.17, 15) is 0 Å². The fraction of sp³-hybridized carbons (Fsp3) is 0.294. The van der Waals surface area contributed by atoms with Crippen molar-refractivity contribution in [1.29, 1.82) is 0 Å². The molecule has 0 bridgehead atoms. The fourth-order valence-electron chi connectivity index (χ4n) is 2.12. The molecule has 1 atom stereocenters. The smallest absolute Gasteiger partial charge is 0.118 e. The van der Waals surface area contributed by atoms with E-state index in [1.165, 1.54) is 17.5 Å². The van der Waals surface area contributed by atoms with Gasteiger partial charge in [0.1, 0.15) is 5.75 Å². The molecule has 0 aromatic heterocycles. The highest BCUT2D eigenvalue weighted by molar-refractivity contribution is 5.27. The van der Waals surface area contributed by atoms with E-state index in [4.69, 9.17) is 4.74 Å². The number of ether oxygens (including phenoxy) is 1. The van der Waals surface area contributed by atoms with E-state index >= 15 is 0 Å². The lowest BCUT2D eigenvalue weighted by atomic mass is 9.94. The van der Waals surface area contributed by atoms with Crippen molar-refractivity contribution in [3.63, 3.8) is 0 Å². The first-order valence-corrected chi connectivity index (χ1v) is 6.47. The second-order valence-electron chi connectivity index (χ2n) is 4.70. The quantitative estimate of drug-likeness (QED) is 0.751. The molecule has 0 saturated heterocycles. The molecule has 0 spiro atoms. The van der Waals surface area contributed by atoms with Gasteiger partial charge < -0.3 is 4.74 Å². The minimum atomic E-state index is 0.605. The van der Waals surface area contributed by atoms with Gasteiger partial charge in [0, 0.05) is 0 Å². The van der Waals surface area contributed by atoms with Gasteiger partial charge in [-0.1, -0.05) is 49.4 Å². The largest absolute Gasteiger partial charge is 0.497 e. The normalized spacial score (nSPS) is 12.1. The first-order valence-electron chi connectivity index (χ1n) is 6.47. The maximum absolute atomic E-state index is 5.16. The predicted octanol–water partition coefficient (Wildman–Crippen LogP) is 4.43. The van der Waals surface area contributed by atoms with E-state index in [0.717, 1.165) is 12.2 Å². The molecule has 2 rings (SSSR count). The molecule has 1 nitrogen and oxygen atoms in total. The highest BCUT2D eigenvalue weighted by Crippen LogP contribution is 2.21. The lowest BCUT2D eigenvalue weighted by Gasteiger charge is -2.11. The molecule has 2 aromatic rings. The molecule has 2 aromatic carbocycles. The van der Waals surface area contributed by atoms with Crippen LogP contribution >= 0.6 is 0 Å². The molecule has 1 heteroatoms. The zero-order valence-corrected chi connectivity index (χ0v) is 11.1. The van der Waals surface area contributed by atoms with Gasteiger partial charge >= 0.3 is 0 Å². The van der Waals surface area contributed by atoms with Crippen LogP contribution in [0.3, 0.4) is 0 Å². The summed E-state index contributed by atoms with van der Waals surface area (Å²) < 4.78 is 5.16. The minimum absolute atomic E-state index is 0.605. The fourth-order valence-corrected chi connectivity index (χ4v) is 2.12. The molecule has 0 aliphatic carbocycles. The maximum Gasteiger partial charge on any atom is 0.118 e. The van der Waals surface area contributed by atoms with Crippen molar-refractivity contribution in [2.45, 2.75) is 25.7 Å². The molecule has 18 heavy (non-hydrogen) atoms. The summed E-state index contributed by atoms with van der Waals surface area (Å²) in [6.45, 7) is 2.29. The third kappa shape index (κ3) is 3.36. The van der Waals surface area contributed by atoms with Gasteiger partial charge in [-0.3, -0.25) is 0 Å². The number of hydrogen-bond donors (Lipinski definition) is 0. The number of rotatable bonds is 5. The molecular formula is C17H20O. The Bertz CT molecular complexity index is 459. The van der Waals surface area contributed by atoms with Gasteiger partial charge in [0.25, 0.3) is 0 Å². The molecule has 0 aliphatic rings. The van der Waals surface area contributed by atoms with Crippen molar-refractivity contribution in [3.05, 3.63) is 65.7 Å². The Labute approximate surface area is 109 Å². The van der Waals surface area contributed by atoms with E-state index in [1.54, 1.807) is 7.11 Å². The minimum Gasteiger partial charge on any atom is -0.497 e. The number of hydrogen-bond acceptors (Lipinski definition) is 1. The van der Waals surface area contributed by atoms with Crippen LogP contribution in [0.25, 0.3) is 0 Å². The van der Waals surface area contributed by atoms with Crippen LogP contribution in [0.1, 0.15) is 30.4 Å². The molecule has 0 N–H and O–H groups in total. The molecular weight excluding hydrogens is 220 g/mol. The Hall–Kier alpha value is -1.76. The summed E-state index contributed by atoms with van der Waals surface area (Å²) in [4.78, 5) is 0. The van der Waals surface area contributed by atoms with Crippen molar-refractivity contribution < 1.29 is 4.74 Å². The number of methoxy groups -OCH3 is 1. The highest BCUT2D eigenvalue weighted by Gasteiger charge is 2.05. The molecule has 0 fully saturated rings. The molecule has 0 heterocycles. The van der Waals surface area contributed by atoms with E-state index in [-0.39, 0.29) is 0 Å². The van der Waals surface area contributed by atoms with Crippen LogP contribution in [0.2, 0.25) is 0 Å². The van der Waals surface area contributed by atoms with Crippen molar-refractivity contribution in [2.75, 3.05) is 7.11 Å². The van der Waals surface area contributed by atoms with Gasteiger partial charge in [0.15, 0.2) is 0 Å². The number of aryl methyl sites for hydroxylation is 1. The summed E-state index contributed by atoms with van der Waals surface area (Å²) in [6.07, 6.45) is 2.29. The molecule has 0 amide bonds. The van der Waals surface area contributed by atoms with Crippen molar-refractivity contribution in [2.24, 2.45) is 0 Å². The molecule has 0 radical (unpaired) electrons. The molecule has 0 aliphatic heterocycles. The maximum atomic E-state index is 5.16. The van der Waals surface area contributed by atoms with E-state index < -0.39 is 0 Å². The monoisotopic (exact) mass is 240 g/mol. The van der Waals surface area contributed by atoms with Crippen molar-refractivity contribution >= 4 is 0 Å². The highest BCUT2D eigenvalue weighted by atomic mass is 16.5. The number of benzene rings is 2. The SMILES string of the molecule is COc1ccc(CCC(C)c2ccccc2)cc1. The van der Waals surface area contributed by atoms with Crippen LogP contribution in [0.4, 0.5) is 0 Å². The third-order valence-corrected chi connectivity index (χ3v) is 3.39. The van der Waals surface area contributed by atoms with Crippen molar-refractivity contribution in [1.82, 2.24) is 0 Å². The second kappa shape index (κ2) is 6.25.